The molecule has 3 aromatic heterocycles. The average molecular weight is 533 g/mol. The largest absolute Gasteiger partial charge is 0.301 e. The minimum absolute atomic E-state index is 0.00724. The Morgan fingerprint density at radius 2 is 1.97 bits per heavy atom. The van der Waals surface area contributed by atoms with Gasteiger partial charge in [-0.15, -0.1) is 21.5 Å². The summed E-state index contributed by atoms with van der Waals surface area (Å²) in [7, 11) is 0. The van der Waals surface area contributed by atoms with Crippen LogP contribution in [0.1, 0.15) is 30.0 Å². The molecule has 0 saturated heterocycles. The molecule has 1 N–H and O–H groups in total. The topological polar surface area (TPSA) is 115 Å². The van der Waals surface area contributed by atoms with Gasteiger partial charge in [-0.05, 0) is 50.5 Å². The number of thiazole rings is 1. The summed E-state index contributed by atoms with van der Waals surface area (Å²) in [4.78, 5) is 28.3. The molecule has 0 aliphatic carbocycles. The van der Waals surface area contributed by atoms with Crippen molar-refractivity contribution in [2.24, 2.45) is 0 Å². The highest BCUT2D eigenvalue weighted by atomic mass is 32.2. The molecule has 0 fully saturated rings. The second-order valence-electron chi connectivity index (χ2n) is 8.83. The van der Waals surface area contributed by atoms with Crippen LogP contribution in [-0.4, -0.2) is 35.7 Å². The van der Waals surface area contributed by atoms with Gasteiger partial charge in [0, 0.05) is 28.5 Å². The molecule has 0 aliphatic rings. The second-order valence-corrected chi connectivity index (χ2v) is 10.9. The number of carbonyl (C=O) groups excluding carboxylic acids is 1. The lowest BCUT2D eigenvalue weighted by Crippen LogP contribution is -2.24. The van der Waals surface area contributed by atoms with E-state index in [9.17, 15) is 14.9 Å². The Balaban J connectivity index is 1.40. The predicted octanol–water partition coefficient (Wildman–Crippen LogP) is 6.35. The molecule has 0 radical (unpaired) electrons. The number of thioether (sulfide) groups is 1. The maximum Gasteiger partial charge on any atom is 0.270 e. The van der Waals surface area contributed by atoms with Gasteiger partial charge in [0.25, 0.3) is 5.69 Å². The first-order valence-electron chi connectivity index (χ1n) is 11.7. The van der Waals surface area contributed by atoms with Crippen molar-refractivity contribution in [3.8, 4) is 11.3 Å². The number of nitrogens with one attached hydrogen (secondary N) is 1. The SMILES string of the molecule is CCC(Sc1nnc2cc(C)c3cc(C)cc(C)c3n12)C(=O)Nc1nc(-c2cccc([N+](=O)[O-])c2)cs1. The number of benzene rings is 2. The highest BCUT2D eigenvalue weighted by molar-refractivity contribution is 8.00. The fourth-order valence-corrected chi connectivity index (χ4v) is 6.06. The van der Waals surface area contributed by atoms with Gasteiger partial charge in [-0.2, -0.15) is 0 Å². The molecule has 0 aliphatic heterocycles. The number of nitro groups is 1. The standard InChI is InChI=1S/C26H24N6O3S2/c1-5-21(24(33)28-25-27-20(13-36-25)17-7-6-8-18(12-17)32(34)35)37-26-30-29-22-11-15(3)19-10-14(2)9-16(4)23(19)31(22)26/h6-13,21H,5H2,1-4H3,(H,27,28,33). The summed E-state index contributed by atoms with van der Waals surface area (Å²) in [5.41, 5.74) is 6.42. The molecule has 0 bridgehead atoms. The van der Waals surface area contributed by atoms with Crippen LogP contribution >= 0.6 is 23.1 Å². The van der Waals surface area contributed by atoms with Gasteiger partial charge in [0.1, 0.15) is 0 Å². The van der Waals surface area contributed by atoms with E-state index in [2.05, 4.69) is 53.4 Å². The van der Waals surface area contributed by atoms with Gasteiger partial charge in [-0.3, -0.25) is 19.3 Å². The minimum atomic E-state index is -0.441. The van der Waals surface area contributed by atoms with E-state index in [1.807, 2.05) is 17.4 Å². The number of nitrogens with zero attached hydrogens (tertiary/aromatic N) is 5. The number of aryl methyl sites for hydroxylation is 3. The van der Waals surface area contributed by atoms with Crippen molar-refractivity contribution in [3.05, 3.63) is 74.6 Å². The zero-order valence-corrected chi connectivity index (χ0v) is 22.3. The number of non-ortho nitro benzene ring substituents is 1. The lowest BCUT2D eigenvalue weighted by molar-refractivity contribution is -0.384. The molecule has 3 heterocycles. The number of pyridine rings is 1. The lowest BCUT2D eigenvalue weighted by Gasteiger charge is -2.14. The third-order valence-electron chi connectivity index (χ3n) is 6.10. The first-order valence-corrected chi connectivity index (χ1v) is 13.4. The van der Waals surface area contributed by atoms with Gasteiger partial charge in [-0.25, -0.2) is 4.98 Å². The first kappa shape index (κ1) is 24.8. The summed E-state index contributed by atoms with van der Waals surface area (Å²) in [6.07, 6.45) is 0.580. The Morgan fingerprint density at radius 3 is 2.73 bits per heavy atom. The fourth-order valence-electron chi connectivity index (χ4n) is 4.37. The smallest absolute Gasteiger partial charge is 0.270 e. The molecule has 1 atom stereocenters. The van der Waals surface area contributed by atoms with Gasteiger partial charge in [0.15, 0.2) is 15.9 Å². The molecule has 2 aromatic carbocycles. The van der Waals surface area contributed by atoms with E-state index in [0.29, 0.717) is 28.0 Å². The molecule has 1 amide bonds. The van der Waals surface area contributed by atoms with Gasteiger partial charge < -0.3 is 5.32 Å². The molecule has 9 nitrogen and oxygen atoms in total. The number of aromatic nitrogens is 4. The Kier molecular flexibility index (Phi) is 6.65. The van der Waals surface area contributed by atoms with Crippen LogP contribution < -0.4 is 5.32 Å². The van der Waals surface area contributed by atoms with E-state index in [0.717, 1.165) is 27.7 Å². The third kappa shape index (κ3) is 4.79. The number of carbonyl (C=O) groups is 1. The Bertz CT molecular complexity index is 1680. The quantitative estimate of drug-likeness (QED) is 0.147. The van der Waals surface area contributed by atoms with Crippen LogP contribution in [-0.2, 0) is 4.79 Å². The molecule has 37 heavy (non-hydrogen) atoms. The van der Waals surface area contributed by atoms with Crippen LogP contribution in [0.5, 0.6) is 0 Å². The number of nitro benzene ring substituents is 1. The average Bonchev–Trinajstić information content (AvgIpc) is 3.49. The molecule has 5 rings (SSSR count). The van der Waals surface area contributed by atoms with Crippen molar-refractivity contribution in [3.63, 3.8) is 0 Å². The minimum Gasteiger partial charge on any atom is -0.301 e. The molecular formula is C26H24N6O3S2. The van der Waals surface area contributed by atoms with Crippen molar-refractivity contribution in [1.29, 1.82) is 0 Å². The third-order valence-corrected chi connectivity index (χ3v) is 8.16. The van der Waals surface area contributed by atoms with Crippen molar-refractivity contribution in [1.82, 2.24) is 19.6 Å². The molecule has 5 aromatic rings. The number of rotatable bonds is 7. The zero-order chi connectivity index (χ0) is 26.3. The van der Waals surface area contributed by atoms with Crippen LogP contribution in [0, 0.1) is 30.9 Å². The van der Waals surface area contributed by atoms with E-state index >= 15 is 0 Å². The molecule has 0 saturated carbocycles. The van der Waals surface area contributed by atoms with E-state index < -0.39 is 10.2 Å². The van der Waals surface area contributed by atoms with Gasteiger partial charge in [0.05, 0.1) is 21.4 Å². The molecule has 1 unspecified atom stereocenters. The summed E-state index contributed by atoms with van der Waals surface area (Å²) in [5, 5.41) is 26.4. The second kappa shape index (κ2) is 9.91. The Hall–Kier alpha value is -3.83. The van der Waals surface area contributed by atoms with Crippen LogP contribution in [0.15, 0.2) is 53.0 Å². The number of hydrogen-bond acceptors (Lipinski definition) is 8. The Morgan fingerprint density at radius 1 is 1.16 bits per heavy atom. The summed E-state index contributed by atoms with van der Waals surface area (Å²) >= 11 is 2.65. The molecule has 0 spiro atoms. The molecule has 188 valence electrons. The van der Waals surface area contributed by atoms with Crippen LogP contribution in [0.2, 0.25) is 0 Å². The fraction of sp³-hybridized carbons (Fsp3) is 0.231. The summed E-state index contributed by atoms with van der Waals surface area (Å²) in [5.74, 6) is -0.187. The summed E-state index contributed by atoms with van der Waals surface area (Å²) in [6, 6.07) is 12.6. The van der Waals surface area contributed by atoms with Crippen LogP contribution in [0.25, 0.3) is 27.8 Å². The van der Waals surface area contributed by atoms with Gasteiger partial charge in [-0.1, -0.05) is 42.4 Å². The predicted molar refractivity (Wildman–Crippen MR) is 147 cm³/mol. The lowest BCUT2D eigenvalue weighted by atomic mass is 10.0. The van der Waals surface area contributed by atoms with Crippen molar-refractivity contribution < 1.29 is 9.72 Å². The number of hydrogen-bond donors (Lipinski definition) is 1. The number of anilines is 1. The van der Waals surface area contributed by atoms with Crippen molar-refractivity contribution >= 4 is 56.4 Å². The molecule has 11 heteroatoms. The van der Waals surface area contributed by atoms with Crippen molar-refractivity contribution in [2.75, 3.05) is 5.32 Å². The zero-order valence-electron chi connectivity index (χ0n) is 20.7. The summed E-state index contributed by atoms with van der Waals surface area (Å²) < 4.78 is 2.03. The van der Waals surface area contributed by atoms with E-state index in [-0.39, 0.29) is 11.6 Å². The normalized spacial score (nSPS) is 12.2. The highest BCUT2D eigenvalue weighted by Crippen LogP contribution is 2.33. The maximum absolute atomic E-state index is 13.2. The van der Waals surface area contributed by atoms with E-state index in [1.54, 1.807) is 17.5 Å². The number of amides is 1. The first-order chi connectivity index (χ1) is 17.7. The van der Waals surface area contributed by atoms with E-state index in [4.69, 9.17) is 0 Å². The van der Waals surface area contributed by atoms with Gasteiger partial charge in [0.2, 0.25) is 5.91 Å². The Labute approximate surface area is 221 Å². The van der Waals surface area contributed by atoms with Crippen LogP contribution in [0.3, 0.4) is 0 Å². The molecular weight excluding hydrogens is 508 g/mol. The van der Waals surface area contributed by atoms with E-state index in [1.165, 1.54) is 40.8 Å². The van der Waals surface area contributed by atoms with Crippen LogP contribution in [0.4, 0.5) is 10.8 Å². The monoisotopic (exact) mass is 532 g/mol. The maximum atomic E-state index is 13.2. The summed E-state index contributed by atoms with van der Waals surface area (Å²) in [6.45, 7) is 8.18. The van der Waals surface area contributed by atoms with Crippen molar-refractivity contribution in [2.45, 2.75) is 44.5 Å². The number of fused-ring (bicyclic) bond motifs is 3. The highest BCUT2D eigenvalue weighted by Gasteiger charge is 2.23. The van der Waals surface area contributed by atoms with Gasteiger partial charge >= 0.3 is 0 Å².